The van der Waals surface area contributed by atoms with Crippen LogP contribution in [0.15, 0.2) is 22.8 Å². The molecule has 0 radical (unpaired) electrons. The lowest BCUT2D eigenvalue weighted by molar-refractivity contribution is 0.239. The van der Waals surface area contributed by atoms with Crippen LogP contribution in [0.4, 0.5) is 0 Å². The van der Waals surface area contributed by atoms with Crippen molar-refractivity contribution in [1.29, 1.82) is 0 Å². The topological polar surface area (TPSA) is 29.3 Å². The summed E-state index contributed by atoms with van der Waals surface area (Å²) >= 11 is 3.33. The van der Waals surface area contributed by atoms with Gasteiger partial charge in [0.05, 0.1) is 5.54 Å². The summed E-state index contributed by atoms with van der Waals surface area (Å²) in [4.78, 5) is 0. The SMILES string of the molecule is CC1(C)C=CC(Br)=CN1N. The normalized spacial score (nSPS) is 22.8. The highest BCUT2D eigenvalue weighted by Crippen LogP contribution is 2.22. The first-order chi connectivity index (χ1) is 4.52. The molecule has 0 aromatic carbocycles. The van der Waals surface area contributed by atoms with Gasteiger partial charge in [-0.1, -0.05) is 6.08 Å². The van der Waals surface area contributed by atoms with Crippen LogP contribution in [0, 0.1) is 0 Å². The van der Waals surface area contributed by atoms with Crippen LogP contribution in [0.5, 0.6) is 0 Å². The van der Waals surface area contributed by atoms with Crippen LogP contribution < -0.4 is 5.84 Å². The molecule has 0 bridgehead atoms. The van der Waals surface area contributed by atoms with E-state index < -0.39 is 0 Å². The molecule has 1 heterocycles. The predicted octanol–water partition coefficient (Wildman–Crippen LogP) is 1.75. The van der Waals surface area contributed by atoms with E-state index in [-0.39, 0.29) is 5.54 Å². The lowest BCUT2D eigenvalue weighted by Gasteiger charge is -2.33. The summed E-state index contributed by atoms with van der Waals surface area (Å²) in [5.41, 5.74) is -0.0583. The van der Waals surface area contributed by atoms with Crippen LogP contribution in [-0.4, -0.2) is 10.5 Å². The van der Waals surface area contributed by atoms with Gasteiger partial charge >= 0.3 is 0 Å². The minimum absolute atomic E-state index is 0.0583. The Kier molecular flexibility index (Phi) is 1.88. The van der Waals surface area contributed by atoms with E-state index in [0.717, 1.165) is 4.48 Å². The van der Waals surface area contributed by atoms with E-state index in [1.165, 1.54) is 0 Å². The molecule has 10 heavy (non-hydrogen) atoms. The van der Waals surface area contributed by atoms with Gasteiger partial charge in [0.1, 0.15) is 0 Å². The molecule has 0 amide bonds. The number of allylic oxidation sites excluding steroid dienone is 2. The third kappa shape index (κ3) is 1.41. The number of nitrogens with two attached hydrogens (primary N) is 1. The third-order valence-corrected chi connectivity index (χ3v) is 2.05. The molecular weight excluding hydrogens is 192 g/mol. The molecule has 56 valence electrons. The van der Waals surface area contributed by atoms with Crippen molar-refractivity contribution in [3.8, 4) is 0 Å². The second-order valence-corrected chi connectivity index (χ2v) is 3.82. The number of hydrogen-bond acceptors (Lipinski definition) is 2. The highest BCUT2D eigenvalue weighted by atomic mass is 79.9. The maximum absolute atomic E-state index is 5.68. The van der Waals surface area contributed by atoms with Gasteiger partial charge in [-0.2, -0.15) is 0 Å². The Hall–Kier alpha value is -0.280. The van der Waals surface area contributed by atoms with Crippen molar-refractivity contribution in [2.24, 2.45) is 5.84 Å². The Balaban J connectivity index is 2.84. The highest BCUT2D eigenvalue weighted by molar-refractivity contribution is 9.11. The second-order valence-electron chi connectivity index (χ2n) is 2.91. The smallest absolute Gasteiger partial charge is 0.0681 e. The average molecular weight is 203 g/mol. The first kappa shape index (κ1) is 7.82. The fraction of sp³-hybridized carbons (Fsp3) is 0.429. The Morgan fingerprint density at radius 2 is 2.20 bits per heavy atom. The maximum Gasteiger partial charge on any atom is 0.0681 e. The number of halogens is 1. The van der Waals surface area contributed by atoms with Crippen molar-refractivity contribution in [1.82, 2.24) is 5.01 Å². The monoisotopic (exact) mass is 202 g/mol. The zero-order valence-corrected chi connectivity index (χ0v) is 7.72. The standard InChI is InChI=1S/C7H11BrN2/c1-7(2)4-3-6(8)5-10(7)9/h3-5H,9H2,1-2H3. The van der Waals surface area contributed by atoms with Crippen molar-refractivity contribution in [2.75, 3.05) is 0 Å². The summed E-state index contributed by atoms with van der Waals surface area (Å²) in [6.07, 6.45) is 5.92. The predicted molar refractivity (Wildman–Crippen MR) is 46.3 cm³/mol. The van der Waals surface area contributed by atoms with Crippen LogP contribution in [0.25, 0.3) is 0 Å². The summed E-state index contributed by atoms with van der Waals surface area (Å²) in [7, 11) is 0. The van der Waals surface area contributed by atoms with Gasteiger partial charge in [0.25, 0.3) is 0 Å². The van der Waals surface area contributed by atoms with E-state index in [4.69, 9.17) is 5.84 Å². The summed E-state index contributed by atoms with van der Waals surface area (Å²) in [5, 5.41) is 1.68. The lowest BCUT2D eigenvalue weighted by Crippen LogP contribution is -2.44. The first-order valence-electron chi connectivity index (χ1n) is 3.13. The molecule has 2 nitrogen and oxygen atoms in total. The first-order valence-corrected chi connectivity index (χ1v) is 3.92. The molecule has 0 aromatic rings. The minimum atomic E-state index is -0.0583. The fourth-order valence-corrected chi connectivity index (χ4v) is 1.06. The van der Waals surface area contributed by atoms with E-state index in [0.29, 0.717) is 0 Å². The molecule has 0 unspecified atom stereocenters. The van der Waals surface area contributed by atoms with Gasteiger partial charge in [-0.15, -0.1) is 0 Å². The van der Waals surface area contributed by atoms with Gasteiger partial charge in [-0.3, -0.25) is 0 Å². The number of rotatable bonds is 0. The second kappa shape index (κ2) is 2.40. The quantitative estimate of drug-likeness (QED) is 0.607. The van der Waals surface area contributed by atoms with Crippen LogP contribution >= 0.6 is 15.9 Å². The van der Waals surface area contributed by atoms with Crippen LogP contribution in [-0.2, 0) is 0 Å². The van der Waals surface area contributed by atoms with Crippen molar-refractivity contribution in [3.63, 3.8) is 0 Å². The molecule has 0 atom stereocenters. The molecule has 0 spiro atoms. The molecule has 0 fully saturated rings. The van der Waals surface area contributed by atoms with Crippen molar-refractivity contribution in [3.05, 3.63) is 22.8 Å². The van der Waals surface area contributed by atoms with E-state index in [2.05, 4.69) is 35.9 Å². The third-order valence-electron chi connectivity index (χ3n) is 1.58. The Labute approximate surface area is 69.5 Å². The molecule has 0 aromatic heterocycles. The molecule has 2 N–H and O–H groups in total. The van der Waals surface area contributed by atoms with E-state index in [9.17, 15) is 0 Å². The van der Waals surface area contributed by atoms with Crippen molar-refractivity contribution < 1.29 is 0 Å². The van der Waals surface area contributed by atoms with Gasteiger partial charge in [0.2, 0.25) is 0 Å². The summed E-state index contributed by atoms with van der Waals surface area (Å²) in [5.74, 6) is 5.68. The summed E-state index contributed by atoms with van der Waals surface area (Å²) in [6, 6.07) is 0. The lowest BCUT2D eigenvalue weighted by atomic mass is 10.0. The number of hydrogen-bond donors (Lipinski definition) is 1. The van der Waals surface area contributed by atoms with Crippen LogP contribution in [0.3, 0.4) is 0 Å². The van der Waals surface area contributed by atoms with Crippen molar-refractivity contribution >= 4 is 15.9 Å². The van der Waals surface area contributed by atoms with Gasteiger partial charge in [-0.25, -0.2) is 5.84 Å². The summed E-state index contributed by atoms with van der Waals surface area (Å²) < 4.78 is 1.01. The Morgan fingerprint density at radius 3 is 2.60 bits per heavy atom. The zero-order chi connectivity index (χ0) is 7.78. The molecule has 1 aliphatic heterocycles. The largest absolute Gasteiger partial charge is 0.308 e. The van der Waals surface area contributed by atoms with Crippen LogP contribution in [0.1, 0.15) is 13.8 Å². The highest BCUT2D eigenvalue weighted by Gasteiger charge is 2.20. The van der Waals surface area contributed by atoms with Gasteiger partial charge in [-0.05, 0) is 35.9 Å². The van der Waals surface area contributed by atoms with E-state index in [1.807, 2.05) is 12.3 Å². The van der Waals surface area contributed by atoms with Crippen molar-refractivity contribution in [2.45, 2.75) is 19.4 Å². The fourth-order valence-electron chi connectivity index (χ4n) is 0.712. The molecule has 3 heteroatoms. The molecular formula is C7H11BrN2. The molecule has 0 aliphatic carbocycles. The number of nitrogens with zero attached hydrogens (tertiary/aromatic N) is 1. The van der Waals surface area contributed by atoms with Crippen LogP contribution in [0.2, 0.25) is 0 Å². The van der Waals surface area contributed by atoms with E-state index >= 15 is 0 Å². The molecule has 0 saturated heterocycles. The molecule has 1 rings (SSSR count). The van der Waals surface area contributed by atoms with Gasteiger partial charge in [0.15, 0.2) is 0 Å². The molecule has 0 saturated carbocycles. The minimum Gasteiger partial charge on any atom is -0.308 e. The molecule has 1 aliphatic rings. The summed E-state index contributed by atoms with van der Waals surface area (Å²) in [6.45, 7) is 4.11. The van der Waals surface area contributed by atoms with Gasteiger partial charge in [0, 0.05) is 10.7 Å². The van der Waals surface area contributed by atoms with Gasteiger partial charge < -0.3 is 5.01 Å². The Bertz CT molecular complexity index is 194. The zero-order valence-electron chi connectivity index (χ0n) is 6.13. The Morgan fingerprint density at radius 1 is 1.60 bits per heavy atom. The number of hydrazine groups is 1. The average Bonchev–Trinajstić information content (AvgIpc) is 1.81. The van der Waals surface area contributed by atoms with E-state index in [1.54, 1.807) is 5.01 Å². The maximum atomic E-state index is 5.68.